The van der Waals surface area contributed by atoms with E-state index in [1.54, 1.807) is 7.11 Å². The van der Waals surface area contributed by atoms with Crippen LogP contribution in [-0.4, -0.2) is 32.1 Å². The van der Waals surface area contributed by atoms with Crippen molar-refractivity contribution in [3.63, 3.8) is 0 Å². The van der Waals surface area contributed by atoms with Gasteiger partial charge in [0.1, 0.15) is 5.75 Å². The van der Waals surface area contributed by atoms with Gasteiger partial charge in [0.25, 0.3) is 5.91 Å². The monoisotopic (exact) mass is 317 g/mol. The van der Waals surface area contributed by atoms with Crippen LogP contribution in [0.4, 0.5) is 0 Å². The Morgan fingerprint density at radius 2 is 2.09 bits per heavy atom. The fraction of sp³-hybridized carbons (Fsp3) is 0.444. The van der Waals surface area contributed by atoms with Crippen molar-refractivity contribution in [1.29, 1.82) is 0 Å². The summed E-state index contributed by atoms with van der Waals surface area (Å²) in [6, 6.07) is 7.68. The fourth-order valence-electron chi connectivity index (χ4n) is 2.56. The first kappa shape index (κ1) is 17.1. The molecule has 0 aliphatic heterocycles. The highest BCUT2D eigenvalue weighted by Crippen LogP contribution is 2.19. The van der Waals surface area contributed by atoms with Gasteiger partial charge in [-0.05, 0) is 37.3 Å². The Morgan fingerprint density at radius 1 is 1.26 bits per heavy atom. The molecule has 0 aromatic heterocycles. The number of ether oxygens (including phenoxy) is 2. The molecule has 1 aromatic carbocycles. The van der Waals surface area contributed by atoms with Crippen LogP contribution in [0.2, 0.25) is 0 Å². The minimum Gasteiger partial charge on any atom is -0.496 e. The second-order valence-electron chi connectivity index (χ2n) is 5.50. The van der Waals surface area contributed by atoms with Crippen molar-refractivity contribution in [3.8, 4) is 5.75 Å². The zero-order chi connectivity index (χ0) is 16.5. The van der Waals surface area contributed by atoms with E-state index in [0.29, 0.717) is 19.4 Å². The Hall–Kier alpha value is -2.30. The Morgan fingerprint density at radius 3 is 2.83 bits per heavy atom. The number of methoxy groups -OCH3 is 1. The number of amides is 1. The predicted octanol–water partition coefficient (Wildman–Crippen LogP) is 2.25. The summed E-state index contributed by atoms with van der Waals surface area (Å²) < 4.78 is 10.3. The third-order valence-corrected chi connectivity index (χ3v) is 3.86. The highest BCUT2D eigenvalue weighted by atomic mass is 16.5. The van der Waals surface area contributed by atoms with E-state index in [-0.39, 0.29) is 24.4 Å². The number of hydrogen-bond acceptors (Lipinski definition) is 4. The molecule has 0 saturated carbocycles. The van der Waals surface area contributed by atoms with Gasteiger partial charge in [0, 0.05) is 6.54 Å². The van der Waals surface area contributed by atoms with Crippen molar-refractivity contribution in [1.82, 2.24) is 5.32 Å². The Bertz CT molecular complexity index is 568. The first-order valence-electron chi connectivity index (χ1n) is 7.91. The normalized spacial score (nSPS) is 16.7. The molecular weight excluding hydrogens is 294 g/mol. The average molecular weight is 317 g/mol. The number of rotatable bonds is 7. The maximum Gasteiger partial charge on any atom is 0.309 e. The first-order chi connectivity index (χ1) is 11.2. The van der Waals surface area contributed by atoms with Gasteiger partial charge in [-0.25, -0.2) is 0 Å². The quantitative estimate of drug-likeness (QED) is 0.619. The summed E-state index contributed by atoms with van der Waals surface area (Å²) in [7, 11) is 1.62. The summed E-state index contributed by atoms with van der Waals surface area (Å²) in [5, 5.41) is 2.76. The summed E-state index contributed by atoms with van der Waals surface area (Å²) in [5.74, 6) is 0.133. The molecule has 0 radical (unpaired) electrons. The Labute approximate surface area is 136 Å². The zero-order valence-electron chi connectivity index (χ0n) is 13.4. The summed E-state index contributed by atoms with van der Waals surface area (Å²) >= 11 is 0. The summed E-state index contributed by atoms with van der Waals surface area (Å²) in [5.41, 5.74) is 1.03. The van der Waals surface area contributed by atoms with Crippen molar-refractivity contribution >= 4 is 11.9 Å². The number of para-hydroxylation sites is 1. The number of nitrogens with one attached hydrogen (secondary N) is 1. The molecule has 5 heteroatoms. The molecule has 1 N–H and O–H groups in total. The number of carbonyl (C=O) groups excluding carboxylic acids is 2. The molecule has 124 valence electrons. The van der Waals surface area contributed by atoms with Crippen molar-refractivity contribution in [2.75, 3.05) is 20.3 Å². The van der Waals surface area contributed by atoms with Crippen molar-refractivity contribution in [3.05, 3.63) is 42.0 Å². The van der Waals surface area contributed by atoms with Crippen molar-refractivity contribution in [2.45, 2.75) is 25.7 Å². The van der Waals surface area contributed by atoms with Gasteiger partial charge in [0.05, 0.1) is 13.0 Å². The standard InChI is InChI=1S/C18H23NO4/c1-22-16-10-6-5-7-14(16)11-12-19-17(20)13-23-18(21)15-8-3-2-4-9-15/h2-3,5-7,10,15H,4,8-9,11-13H2,1H3,(H,19,20)/t15-/m1/s1. The maximum absolute atomic E-state index is 11.8. The van der Waals surface area contributed by atoms with Gasteiger partial charge in [0.15, 0.2) is 6.61 Å². The lowest BCUT2D eigenvalue weighted by molar-refractivity contribution is -0.152. The van der Waals surface area contributed by atoms with E-state index in [9.17, 15) is 9.59 Å². The zero-order valence-corrected chi connectivity index (χ0v) is 13.4. The van der Waals surface area contributed by atoms with Crippen LogP contribution >= 0.6 is 0 Å². The molecule has 0 fully saturated rings. The molecule has 23 heavy (non-hydrogen) atoms. The van der Waals surface area contributed by atoms with Crippen LogP contribution in [-0.2, 0) is 20.7 Å². The van der Waals surface area contributed by atoms with Gasteiger partial charge >= 0.3 is 5.97 Å². The van der Waals surface area contributed by atoms with Crippen LogP contribution in [0, 0.1) is 5.92 Å². The third-order valence-electron chi connectivity index (χ3n) is 3.86. The van der Waals surface area contributed by atoms with Crippen LogP contribution in [0.25, 0.3) is 0 Å². The van der Waals surface area contributed by atoms with Crippen LogP contribution in [0.15, 0.2) is 36.4 Å². The molecule has 5 nitrogen and oxygen atoms in total. The molecule has 1 amide bonds. The van der Waals surface area contributed by atoms with Gasteiger partial charge in [-0.1, -0.05) is 30.4 Å². The largest absolute Gasteiger partial charge is 0.496 e. The van der Waals surface area contributed by atoms with Crippen LogP contribution in [0.3, 0.4) is 0 Å². The Balaban J connectivity index is 1.67. The molecule has 0 spiro atoms. The summed E-state index contributed by atoms with van der Waals surface area (Å²) in [6.07, 6.45) is 7.11. The van der Waals surface area contributed by atoms with E-state index in [1.165, 1.54) is 0 Å². The lowest BCUT2D eigenvalue weighted by Crippen LogP contribution is -2.31. The number of carbonyl (C=O) groups is 2. The molecule has 0 unspecified atom stereocenters. The van der Waals surface area contributed by atoms with E-state index in [4.69, 9.17) is 9.47 Å². The van der Waals surface area contributed by atoms with Crippen molar-refractivity contribution in [2.24, 2.45) is 5.92 Å². The minimum absolute atomic E-state index is 0.110. The molecule has 2 rings (SSSR count). The molecular formula is C18H23NO4. The number of allylic oxidation sites excluding steroid dienone is 2. The SMILES string of the molecule is COc1ccccc1CCNC(=O)COC(=O)[C@@H]1CC=CCC1. The van der Waals surface area contributed by atoms with E-state index >= 15 is 0 Å². The van der Waals surface area contributed by atoms with Gasteiger partial charge < -0.3 is 14.8 Å². The van der Waals surface area contributed by atoms with Gasteiger partial charge in [0.2, 0.25) is 0 Å². The minimum atomic E-state index is -0.283. The maximum atomic E-state index is 11.8. The molecule has 0 saturated heterocycles. The molecule has 1 atom stereocenters. The molecule has 0 bridgehead atoms. The first-order valence-corrected chi connectivity index (χ1v) is 7.91. The average Bonchev–Trinajstić information content (AvgIpc) is 2.61. The van der Waals surface area contributed by atoms with Crippen LogP contribution < -0.4 is 10.1 Å². The topological polar surface area (TPSA) is 64.6 Å². The lowest BCUT2D eigenvalue weighted by Gasteiger charge is -2.16. The molecule has 1 aliphatic rings. The number of benzene rings is 1. The number of hydrogen-bond donors (Lipinski definition) is 1. The molecule has 1 aliphatic carbocycles. The lowest BCUT2D eigenvalue weighted by atomic mass is 9.95. The highest BCUT2D eigenvalue weighted by Gasteiger charge is 2.20. The fourth-order valence-corrected chi connectivity index (χ4v) is 2.56. The van der Waals surface area contributed by atoms with Crippen LogP contribution in [0.1, 0.15) is 24.8 Å². The third kappa shape index (κ3) is 5.43. The Kier molecular flexibility index (Phi) is 6.66. The van der Waals surface area contributed by atoms with Gasteiger partial charge in [-0.15, -0.1) is 0 Å². The van der Waals surface area contributed by atoms with Gasteiger partial charge in [-0.2, -0.15) is 0 Å². The van der Waals surface area contributed by atoms with Gasteiger partial charge in [-0.3, -0.25) is 9.59 Å². The highest BCUT2D eigenvalue weighted by molar-refractivity contribution is 5.81. The summed E-state index contributed by atoms with van der Waals surface area (Å²) in [4.78, 5) is 23.6. The second-order valence-corrected chi connectivity index (χ2v) is 5.50. The van der Waals surface area contributed by atoms with E-state index in [2.05, 4.69) is 11.4 Å². The smallest absolute Gasteiger partial charge is 0.309 e. The van der Waals surface area contributed by atoms with E-state index in [1.807, 2.05) is 30.3 Å². The van der Waals surface area contributed by atoms with E-state index < -0.39 is 0 Å². The van der Waals surface area contributed by atoms with Crippen molar-refractivity contribution < 1.29 is 19.1 Å². The van der Waals surface area contributed by atoms with Crippen LogP contribution in [0.5, 0.6) is 5.75 Å². The van der Waals surface area contributed by atoms with E-state index in [0.717, 1.165) is 24.2 Å². The molecule has 0 heterocycles. The summed E-state index contributed by atoms with van der Waals surface area (Å²) in [6.45, 7) is 0.258. The second kappa shape index (κ2) is 8.98. The molecule has 1 aromatic rings. The predicted molar refractivity (Wildman–Crippen MR) is 87.1 cm³/mol. The number of esters is 1.